The Kier molecular flexibility index (Phi) is 5.23. The molecule has 1 aromatic carbocycles. The highest BCUT2D eigenvalue weighted by molar-refractivity contribution is 5.88. The maximum atomic E-state index is 12.3. The molecule has 4 rings (SSSR count). The molecule has 3 aliphatic rings. The van der Waals surface area contributed by atoms with Gasteiger partial charge < -0.3 is 15.3 Å². The smallest absolute Gasteiger partial charge is 0.335 e. The Bertz CT molecular complexity index is 955. The van der Waals surface area contributed by atoms with Crippen molar-refractivity contribution in [3.8, 4) is 5.75 Å². The molecule has 176 valence electrons. The normalized spacial score (nSPS) is 43.3. The summed E-state index contributed by atoms with van der Waals surface area (Å²) in [5.41, 5.74) is -0.0292. The summed E-state index contributed by atoms with van der Waals surface area (Å²) in [5.74, 6) is -0.278. The van der Waals surface area contributed by atoms with Gasteiger partial charge in [0.1, 0.15) is 5.75 Å². The standard InChI is InChI=1S/C27H38O5/c1-16-8-11-24(2)20(9-12-26(4)21(24)10-13-27(26,5)23(31)32)25(16,3)15-18-14-17(22(29)30)6-7-19(18)28/h6-7,14,16,20-21,28H,8-13,15H2,1-5H3,(H,29,30)(H,31,32)/t16-,20+,21-,24+,25-,26-,27+/m0/s1. The summed E-state index contributed by atoms with van der Waals surface area (Å²) < 4.78 is 0. The van der Waals surface area contributed by atoms with Crippen LogP contribution in [-0.2, 0) is 11.2 Å². The predicted molar refractivity (Wildman–Crippen MR) is 123 cm³/mol. The van der Waals surface area contributed by atoms with E-state index < -0.39 is 17.4 Å². The van der Waals surface area contributed by atoms with Crippen molar-refractivity contribution >= 4 is 11.9 Å². The van der Waals surface area contributed by atoms with Gasteiger partial charge in [-0.2, -0.15) is 0 Å². The zero-order valence-corrected chi connectivity index (χ0v) is 20.1. The number of phenols is 1. The summed E-state index contributed by atoms with van der Waals surface area (Å²) in [5, 5.41) is 30.1. The fourth-order valence-electron chi connectivity index (χ4n) is 8.50. The number of aliphatic carboxylic acids is 1. The summed E-state index contributed by atoms with van der Waals surface area (Å²) in [4.78, 5) is 23.8. The van der Waals surface area contributed by atoms with Crippen molar-refractivity contribution in [2.45, 2.75) is 79.6 Å². The molecule has 1 aromatic rings. The largest absolute Gasteiger partial charge is 0.508 e. The number of carboxylic acids is 2. The van der Waals surface area contributed by atoms with E-state index in [-0.39, 0.29) is 27.6 Å². The van der Waals surface area contributed by atoms with E-state index >= 15 is 0 Å². The van der Waals surface area contributed by atoms with Gasteiger partial charge in [0, 0.05) is 0 Å². The summed E-state index contributed by atoms with van der Waals surface area (Å²) in [6, 6.07) is 4.59. The second kappa shape index (κ2) is 7.23. The van der Waals surface area contributed by atoms with Gasteiger partial charge in [-0.1, -0.05) is 27.7 Å². The average molecular weight is 443 g/mol. The summed E-state index contributed by atoms with van der Waals surface area (Å²) in [6.07, 6.45) is 6.39. The van der Waals surface area contributed by atoms with Crippen LogP contribution in [-0.4, -0.2) is 27.3 Å². The third kappa shape index (κ3) is 2.95. The summed E-state index contributed by atoms with van der Waals surface area (Å²) in [7, 11) is 0. The van der Waals surface area contributed by atoms with E-state index in [9.17, 15) is 24.9 Å². The molecule has 0 bridgehead atoms. The van der Waals surface area contributed by atoms with Crippen molar-refractivity contribution in [2.24, 2.45) is 39.4 Å². The van der Waals surface area contributed by atoms with Crippen LogP contribution in [0.5, 0.6) is 5.75 Å². The van der Waals surface area contributed by atoms with Crippen molar-refractivity contribution in [3.05, 3.63) is 29.3 Å². The molecular weight excluding hydrogens is 404 g/mol. The molecule has 0 radical (unpaired) electrons. The molecule has 5 heteroatoms. The molecule has 0 aromatic heterocycles. The quantitative estimate of drug-likeness (QED) is 0.532. The van der Waals surface area contributed by atoms with Gasteiger partial charge >= 0.3 is 11.9 Å². The van der Waals surface area contributed by atoms with E-state index in [0.717, 1.165) is 38.5 Å². The number of hydrogen-bond acceptors (Lipinski definition) is 3. The molecule has 0 heterocycles. The fraction of sp³-hybridized carbons (Fsp3) is 0.704. The van der Waals surface area contributed by atoms with E-state index in [1.165, 1.54) is 12.1 Å². The number of rotatable bonds is 4. The maximum Gasteiger partial charge on any atom is 0.335 e. The van der Waals surface area contributed by atoms with Gasteiger partial charge in [-0.15, -0.1) is 0 Å². The molecule has 7 atom stereocenters. The molecule has 0 spiro atoms. The number of aromatic carboxylic acids is 1. The number of aromatic hydroxyl groups is 1. The van der Waals surface area contributed by atoms with Crippen molar-refractivity contribution < 1.29 is 24.9 Å². The van der Waals surface area contributed by atoms with E-state index in [1.807, 2.05) is 6.92 Å². The minimum absolute atomic E-state index is 0.0432. The lowest BCUT2D eigenvalue weighted by Crippen LogP contribution is -2.59. The van der Waals surface area contributed by atoms with Crippen LogP contribution < -0.4 is 0 Å². The Morgan fingerprint density at radius 3 is 2.25 bits per heavy atom. The highest BCUT2D eigenvalue weighted by atomic mass is 16.4. The number of benzene rings is 1. The Balaban J connectivity index is 1.73. The molecule has 3 aliphatic carbocycles. The predicted octanol–water partition coefficient (Wildman–Crippen LogP) is 5.99. The molecule has 0 unspecified atom stereocenters. The van der Waals surface area contributed by atoms with E-state index in [4.69, 9.17) is 0 Å². The monoisotopic (exact) mass is 442 g/mol. The average Bonchev–Trinajstić information content (AvgIpc) is 3.00. The molecule has 0 saturated heterocycles. The van der Waals surface area contributed by atoms with Crippen LogP contribution in [0.4, 0.5) is 0 Å². The molecule has 3 saturated carbocycles. The van der Waals surface area contributed by atoms with Crippen LogP contribution in [0, 0.1) is 39.4 Å². The molecule has 3 fully saturated rings. The van der Waals surface area contributed by atoms with Crippen LogP contribution >= 0.6 is 0 Å². The van der Waals surface area contributed by atoms with Gasteiger partial charge in [0.15, 0.2) is 0 Å². The number of carbonyl (C=O) groups is 2. The van der Waals surface area contributed by atoms with Gasteiger partial charge in [-0.25, -0.2) is 4.79 Å². The molecule has 5 nitrogen and oxygen atoms in total. The van der Waals surface area contributed by atoms with Crippen LogP contribution in [0.25, 0.3) is 0 Å². The Hall–Kier alpha value is -2.04. The Morgan fingerprint density at radius 2 is 1.62 bits per heavy atom. The minimum Gasteiger partial charge on any atom is -0.508 e. The van der Waals surface area contributed by atoms with Crippen molar-refractivity contribution in [1.29, 1.82) is 0 Å². The van der Waals surface area contributed by atoms with Gasteiger partial charge in [-0.3, -0.25) is 4.79 Å². The summed E-state index contributed by atoms with van der Waals surface area (Å²) >= 11 is 0. The minimum atomic E-state index is -0.981. The van der Waals surface area contributed by atoms with Crippen molar-refractivity contribution in [2.75, 3.05) is 0 Å². The molecule has 32 heavy (non-hydrogen) atoms. The molecule has 0 aliphatic heterocycles. The third-order valence-corrected chi connectivity index (χ3v) is 10.9. The lowest BCUT2D eigenvalue weighted by atomic mass is 9.39. The third-order valence-electron chi connectivity index (χ3n) is 10.9. The fourth-order valence-corrected chi connectivity index (χ4v) is 8.50. The number of phenolic OH excluding ortho intramolecular Hbond substituents is 1. The first-order valence-corrected chi connectivity index (χ1v) is 12.1. The second-order valence-corrected chi connectivity index (χ2v) is 12.0. The van der Waals surface area contributed by atoms with E-state index in [1.54, 1.807) is 6.07 Å². The maximum absolute atomic E-state index is 12.3. The van der Waals surface area contributed by atoms with Gasteiger partial charge in [0.25, 0.3) is 0 Å². The zero-order valence-electron chi connectivity index (χ0n) is 20.1. The SMILES string of the molecule is C[C@H]1CC[C@]2(C)[C@@H](CC[C@@]3(C)[C@H]2CC[C@]3(C)C(=O)O)[C@@]1(C)Cc1cc(C(=O)O)ccc1O. The zero-order chi connectivity index (χ0) is 23.7. The number of hydrogen-bond donors (Lipinski definition) is 3. The van der Waals surface area contributed by atoms with Gasteiger partial charge in [0.2, 0.25) is 0 Å². The second-order valence-electron chi connectivity index (χ2n) is 12.0. The Labute approximate surface area is 191 Å². The lowest BCUT2D eigenvalue weighted by Gasteiger charge is -2.65. The van der Waals surface area contributed by atoms with Crippen LogP contribution in [0.15, 0.2) is 18.2 Å². The van der Waals surface area contributed by atoms with Gasteiger partial charge in [0.05, 0.1) is 11.0 Å². The number of carboxylic acid groups (broad SMARTS) is 2. The highest BCUT2D eigenvalue weighted by Gasteiger charge is 2.68. The highest BCUT2D eigenvalue weighted by Crippen LogP contribution is 2.73. The molecular formula is C27H38O5. The van der Waals surface area contributed by atoms with E-state index in [0.29, 0.717) is 29.7 Å². The first kappa shape index (κ1) is 23.1. The topological polar surface area (TPSA) is 94.8 Å². The van der Waals surface area contributed by atoms with Gasteiger partial charge in [-0.05, 0) is 110 Å². The first-order valence-electron chi connectivity index (χ1n) is 12.1. The Morgan fingerprint density at radius 1 is 0.969 bits per heavy atom. The van der Waals surface area contributed by atoms with Crippen molar-refractivity contribution in [3.63, 3.8) is 0 Å². The summed E-state index contributed by atoms with van der Waals surface area (Å²) in [6.45, 7) is 11.2. The number of fused-ring (bicyclic) bond motifs is 3. The van der Waals surface area contributed by atoms with E-state index in [2.05, 4.69) is 27.7 Å². The molecule has 0 amide bonds. The van der Waals surface area contributed by atoms with Crippen LogP contribution in [0.2, 0.25) is 0 Å². The lowest BCUT2D eigenvalue weighted by molar-refractivity contribution is -0.179. The van der Waals surface area contributed by atoms with Crippen molar-refractivity contribution in [1.82, 2.24) is 0 Å². The molecule has 3 N–H and O–H groups in total. The first-order chi connectivity index (χ1) is 14.8. The van der Waals surface area contributed by atoms with Crippen LogP contribution in [0.1, 0.15) is 89.1 Å². The van der Waals surface area contributed by atoms with Crippen LogP contribution in [0.3, 0.4) is 0 Å².